The van der Waals surface area contributed by atoms with Crippen molar-refractivity contribution in [3.05, 3.63) is 109 Å². The van der Waals surface area contributed by atoms with Gasteiger partial charge in [0, 0.05) is 19.7 Å². The molecule has 1 aliphatic heterocycles. The van der Waals surface area contributed by atoms with Crippen molar-refractivity contribution in [3.8, 4) is 28.4 Å². The van der Waals surface area contributed by atoms with E-state index in [0.29, 0.717) is 33.6 Å². The summed E-state index contributed by atoms with van der Waals surface area (Å²) in [5.41, 5.74) is 6.21. The van der Waals surface area contributed by atoms with Crippen LogP contribution in [0.4, 0.5) is 0 Å². The van der Waals surface area contributed by atoms with Gasteiger partial charge in [-0.2, -0.15) is 0 Å². The Balaban J connectivity index is 1.87. The third-order valence-corrected chi connectivity index (χ3v) is 7.25. The molecule has 6 rings (SSSR count). The smallest absolute Gasteiger partial charge is 0.331 e. The molecule has 3 aromatic carbocycles. The van der Waals surface area contributed by atoms with E-state index < -0.39 is 11.8 Å². The molecule has 1 aliphatic rings. The van der Waals surface area contributed by atoms with Gasteiger partial charge in [0.15, 0.2) is 6.10 Å². The quantitative estimate of drug-likeness (QED) is 0.383. The lowest BCUT2D eigenvalue weighted by Crippen LogP contribution is -2.37. The molecule has 0 amide bonds. The van der Waals surface area contributed by atoms with Gasteiger partial charge in [0.1, 0.15) is 11.5 Å². The predicted molar refractivity (Wildman–Crippen MR) is 144 cm³/mol. The van der Waals surface area contributed by atoms with Crippen molar-refractivity contribution in [3.63, 3.8) is 0 Å². The van der Waals surface area contributed by atoms with E-state index in [0.717, 1.165) is 32.5 Å². The number of aryl methyl sites for hydroxylation is 4. The first-order chi connectivity index (χ1) is 17.7. The lowest BCUT2D eigenvalue weighted by molar-refractivity contribution is 0.224. The van der Waals surface area contributed by atoms with Crippen LogP contribution in [0, 0.1) is 20.8 Å². The standard InChI is InChI=1S/C30H27N3O4/c1-16-6-10-19(11-7-16)25-24-26(31(4)30(36)32(5)29(24)35)27-28(20-12-8-18(3)15-22(20)34)37-23-13-9-17(2)14-21(23)33(25)27/h6-15,28,34H,1-5H3. The molecular weight excluding hydrogens is 466 g/mol. The lowest BCUT2D eigenvalue weighted by Gasteiger charge is -2.30. The molecule has 0 saturated carbocycles. The second kappa shape index (κ2) is 8.00. The van der Waals surface area contributed by atoms with Crippen molar-refractivity contribution in [2.24, 2.45) is 14.1 Å². The molecule has 1 atom stereocenters. The third-order valence-electron chi connectivity index (χ3n) is 7.25. The number of ether oxygens (including phenoxy) is 1. The van der Waals surface area contributed by atoms with E-state index in [4.69, 9.17) is 4.74 Å². The van der Waals surface area contributed by atoms with E-state index in [1.165, 1.54) is 11.6 Å². The highest BCUT2D eigenvalue weighted by atomic mass is 16.5. The molecule has 7 nitrogen and oxygen atoms in total. The molecular formula is C30H27N3O4. The number of aromatic hydroxyl groups is 1. The Bertz CT molecular complexity index is 1860. The van der Waals surface area contributed by atoms with Crippen LogP contribution in [0.3, 0.4) is 0 Å². The monoisotopic (exact) mass is 493 g/mol. The molecule has 5 aromatic rings. The third kappa shape index (κ3) is 3.27. The number of phenols is 1. The second-order valence-electron chi connectivity index (χ2n) is 9.90. The Morgan fingerprint density at radius 3 is 2.16 bits per heavy atom. The summed E-state index contributed by atoms with van der Waals surface area (Å²) in [4.78, 5) is 26.9. The number of nitrogens with zero attached hydrogens (tertiary/aromatic N) is 3. The van der Waals surface area contributed by atoms with Gasteiger partial charge in [-0.15, -0.1) is 0 Å². The molecule has 0 spiro atoms. The van der Waals surface area contributed by atoms with Crippen LogP contribution in [-0.2, 0) is 14.1 Å². The number of phenolic OH excluding ortho intramolecular Hbond substituents is 1. The number of benzene rings is 3. The van der Waals surface area contributed by atoms with Crippen LogP contribution in [0.5, 0.6) is 11.5 Å². The maximum Gasteiger partial charge on any atom is 0.331 e. The number of hydrogen-bond donors (Lipinski definition) is 1. The molecule has 0 radical (unpaired) electrons. The molecule has 186 valence electrons. The van der Waals surface area contributed by atoms with Crippen molar-refractivity contribution >= 4 is 10.9 Å². The van der Waals surface area contributed by atoms with Crippen LogP contribution in [0.25, 0.3) is 27.8 Å². The van der Waals surface area contributed by atoms with Gasteiger partial charge in [-0.1, -0.05) is 48.0 Å². The van der Waals surface area contributed by atoms with E-state index in [-0.39, 0.29) is 11.3 Å². The summed E-state index contributed by atoms with van der Waals surface area (Å²) in [6, 6.07) is 19.3. The average Bonchev–Trinajstić information content (AvgIpc) is 3.23. The molecule has 0 bridgehead atoms. The molecule has 1 N–H and O–H groups in total. The van der Waals surface area contributed by atoms with Crippen LogP contribution < -0.4 is 16.0 Å². The van der Waals surface area contributed by atoms with Crippen LogP contribution >= 0.6 is 0 Å². The molecule has 0 aliphatic carbocycles. The van der Waals surface area contributed by atoms with Crippen molar-refractivity contribution in [1.29, 1.82) is 0 Å². The summed E-state index contributed by atoms with van der Waals surface area (Å²) in [7, 11) is 3.17. The molecule has 7 heteroatoms. The van der Waals surface area contributed by atoms with Gasteiger partial charge in [0.05, 0.1) is 28.0 Å². The van der Waals surface area contributed by atoms with Crippen LogP contribution in [0.1, 0.15) is 34.1 Å². The summed E-state index contributed by atoms with van der Waals surface area (Å²) >= 11 is 0. The molecule has 3 heterocycles. The fourth-order valence-electron chi connectivity index (χ4n) is 5.34. The fourth-order valence-corrected chi connectivity index (χ4v) is 5.34. The lowest BCUT2D eigenvalue weighted by atomic mass is 10.0. The first kappa shape index (κ1) is 22.9. The van der Waals surface area contributed by atoms with Gasteiger partial charge in [0.25, 0.3) is 5.56 Å². The van der Waals surface area contributed by atoms with E-state index in [9.17, 15) is 14.7 Å². The van der Waals surface area contributed by atoms with E-state index >= 15 is 0 Å². The Kier molecular flexibility index (Phi) is 4.95. The van der Waals surface area contributed by atoms with Gasteiger partial charge in [-0.05, 0) is 55.7 Å². The normalized spacial score (nSPS) is 14.4. The Labute approximate surface area is 213 Å². The Morgan fingerprint density at radius 2 is 1.46 bits per heavy atom. The largest absolute Gasteiger partial charge is 0.508 e. The maximum absolute atomic E-state index is 13.8. The summed E-state index contributed by atoms with van der Waals surface area (Å²) in [6.45, 7) is 5.92. The van der Waals surface area contributed by atoms with Gasteiger partial charge >= 0.3 is 5.69 Å². The highest BCUT2D eigenvalue weighted by molar-refractivity contribution is 5.98. The second-order valence-corrected chi connectivity index (χ2v) is 9.90. The summed E-state index contributed by atoms with van der Waals surface area (Å²) in [5, 5.41) is 11.4. The minimum Gasteiger partial charge on any atom is -0.508 e. The molecule has 2 aromatic heterocycles. The average molecular weight is 494 g/mol. The van der Waals surface area contributed by atoms with Crippen molar-refractivity contribution in [2.75, 3.05) is 0 Å². The van der Waals surface area contributed by atoms with E-state index in [1.807, 2.05) is 79.9 Å². The minimum atomic E-state index is -0.754. The van der Waals surface area contributed by atoms with E-state index in [2.05, 4.69) is 0 Å². The zero-order valence-electron chi connectivity index (χ0n) is 21.4. The van der Waals surface area contributed by atoms with Crippen LogP contribution in [0.15, 0.2) is 70.3 Å². The number of aromatic nitrogens is 3. The van der Waals surface area contributed by atoms with Crippen LogP contribution in [-0.4, -0.2) is 18.8 Å². The highest BCUT2D eigenvalue weighted by Crippen LogP contribution is 2.48. The topological polar surface area (TPSA) is 78.4 Å². The van der Waals surface area contributed by atoms with Crippen molar-refractivity contribution in [1.82, 2.24) is 13.7 Å². The van der Waals surface area contributed by atoms with Gasteiger partial charge in [0.2, 0.25) is 0 Å². The minimum absolute atomic E-state index is 0.0900. The van der Waals surface area contributed by atoms with Gasteiger partial charge in [-0.3, -0.25) is 13.9 Å². The number of hydrogen-bond acceptors (Lipinski definition) is 4. The fraction of sp³-hybridized carbons (Fsp3) is 0.200. The van der Waals surface area contributed by atoms with Gasteiger partial charge < -0.3 is 14.4 Å². The summed E-state index contributed by atoms with van der Waals surface area (Å²) in [5.74, 6) is 0.714. The highest BCUT2D eigenvalue weighted by Gasteiger charge is 2.37. The van der Waals surface area contributed by atoms with Crippen molar-refractivity contribution < 1.29 is 9.84 Å². The molecule has 1 unspecified atom stereocenters. The Morgan fingerprint density at radius 1 is 0.811 bits per heavy atom. The van der Waals surface area contributed by atoms with Crippen molar-refractivity contribution in [2.45, 2.75) is 26.9 Å². The summed E-state index contributed by atoms with van der Waals surface area (Å²) in [6.07, 6.45) is -0.754. The summed E-state index contributed by atoms with van der Waals surface area (Å²) < 4.78 is 11.2. The first-order valence-corrected chi connectivity index (χ1v) is 12.2. The van der Waals surface area contributed by atoms with E-state index in [1.54, 1.807) is 13.1 Å². The molecule has 37 heavy (non-hydrogen) atoms. The van der Waals surface area contributed by atoms with Crippen LogP contribution in [0.2, 0.25) is 0 Å². The number of rotatable bonds is 2. The first-order valence-electron chi connectivity index (χ1n) is 12.2. The van der Waals surface area contributed by atoms with Gasteiger partial charge in [-0.25, -0.2) is 4.79 Å². The predicted octanol–water partition coefficient (Wildman–Crippen LogP) is 4.81. The maximum atomic E-state index is 13.8. The SMILES string of the molecule is Cc1ccc(-c2c3c(=O)n(C)c(=O)n(C)c3c3n2-c2cc(C)ccc2OC3c2ccc(C)cc2O)cc1. The molecule has 0 fully saturated rings. The molecule has 0 saturated heterocycles. The zero-order chi connectivity index (χ0) is 26.2. The Hall–Kier alpha value is -4.52. The zero-order valence-corrected chi connectivity index (χ0v) is 21.4. The number of fused-ring (bicyclic) bond motifs is 5.